The molecule has 0 amide bonds. The molecule has 0 spiro atoms. The summed E-state index contributed by atoms with van der Waals surface area (Å²) >= 11 is 0. The maximum absolute atomic E-state index is 11.7. The molecule has 0 aliphatic rings. The summed E-state index contributed by atoms with van der Waals surface area (Å²) in [6.07, 6.45) is -0.424. The number of aliphatic hydroxyl groups is 1. The van der Waals surface area contributed by atoms with E-state index in [0.29, 0.717) is 18.5 Å². The van der Waals surface area contributed by atoms with E-state index in [9.17, 15) is 13.5 Å². The van der Waals surface area contributed by atoms with Crippen molar-refractivity contribution in [2.24, 2.45) is 11.5 Å². The van der Waals surface area contributed by atoms with Gasteiger partial charge in [0.15, 0.2) is 9.84 Å². The molecular weight excluding hydrogens is 252 g/mol. The molecule has 0 bridgehead atoms. The average molecular weight is 272 g/mol. The van der Waals surface area contributed by atoms with Crippen LogP contribution in [0.4, 0.5) is 0 Å². The minimum absolute atomic E-state index is 0.0292. The van der Waals surface area contributed by atoms with Crippen molar-refractivity contribution >= 4 is 9.84 Å². The van der Waals surface area contributed by atoms with Gasteiger partial charge in [-0.25, -0.2) is 8.42 Å². The van der Waals surface area contributed by atoms with Crippen LogP contribution in [0.1, 0.15) is 25.0 Å². The molecule has 0 fully saturated rings. The topological polar surface area (TPSA) is 106 Å². The van der Waals surface area contributed by atoms with Crippen LogP contribution in [0.3, 0.4) is 0 Å². The Kier molecular flexibility index (Phi) is 5.28. The highest BCUT2D eigenvalue weighted by atomic mass is 32.2. The molecule has 0 saturated heterocycles. The molecule has 0 saturated carbocycles. The van der Waals surface area contributed by atoms with E-state index in [-0.39, 0.29) is 10.6 Å². The third-order valence-corrected chi connectivity index (χ3v) is 4.58. The van der Waals surface area contributed by atoms with Gasteiger partial charge >= 0.3 is 0 Å². The Bertz CT molecular complexity index is 488. The molecule has 0 aliphatic carbocycles. The molecule has 5 nitrogen and oxygen atoms in total. The minimum Gasteiger partial charge on any atom is -0.387 e. The number of hydrogen-bond donors (Lipinski definition) is 3. The zero-order valence-corrected chi connectivity index (χ0v) is 11.2. The summed E-state index contributed by atoms with van der Waals surface area (Å²) in [5.41, 5.74) is 11.7. The first-order valence-corrected chi connectivity index (χ1v) is 7.54. The Morgan fingerprint density at radius 2 is 2.06 bits per heavy atom. The fourth-order valence-electron chi connectivity index (χ4n) is 1.66. The lowest BCUT2D eigenvalue weighted by molar-refractivity contribution is 0.143. The van der Waals surface area contributed by atoms with Gasteiger partial charge in [0.1, 0.15) is 0 Å². The Balaban J connectivity index is 3.02. The van der Waals surface area contributed by atoms with Gasteiger partial charge in [-0.1, -0.05) is 19.1 Å². The van der Waals surface area contributed by atoms with Crippen molar-refractivity contribution in [3.8, 4) is 0 Å². The van der Waals surface area contributed by atoms with E-state index in [1.54, 1.807) is 19.1 Å². The number of aliphatic hydroxyl groups excluding tert-OH is 1. The maximum Gasteiger partial charge on any atom is 0.178 e. The first kappa shape index (κ1) is 15.1. The van der Waals surface area contributed by atoms with E-state index in [1.807, 2.05) is 0 Å². The van der Waals surface area contributed by atoms with Crippen molar-refractivity contribution in [3.05, 3.63) is 29.8 Å². The second kappa shape index (κ2) is 6.29. The van der Waals surface area contributed by atoms with Crippen molar-refractivity contribution in [1.29, 1.82) is 0 Å². The van der Waals surface area contributed by atoms with Gasteiger partial charge in [0.2, 0.25) is 0 Å². The van der Waals surface area contributed by atoms with E-state index in [4.69, 9.17) is 11.5 Å². The van der Waals surface area contributed by atoms with Gasteiger partial charge in [-0.05, 0) is 30.7 Å². The summed E-state index contributed by atoms with van der Waals surface area (Å²) in [5.74, 6) is 0.0292. The van der Waals surface area contributed by atoms with Crippen LogP contribution in [0, 0.1) is 0 Å². The molecule has 5 N–H and O–H groups in total. The van der Waals surface area contributed by atoms with Crippen molar-refractivity contribution < 1.29 is 13.5 Å². The quantitative estimate of drug-likeness (QED) is 0.685. The molecule has 18 heavy (non-hydrogen) atoms. The second-order valence-corrected chi connectivity index (χ2v) is 6.44. The molecule has 1 aromatic rings. The lowest BCUT2D eigenvalue weighted by atomic mass is 10.0. The van der Waals surface area contributed by atoms with Gasteiger partial charge in [-0.2, -0.15) is 0 Å². The van der Waals surface area contributed by atoms with E-state index >= 15 is 0 Å². The zero-order chi connectivity index (χ0) is 13.8. The van der Waals surface area contributed by atoms with Crippen molar-refractivity contribution in [3.63, 3.8) is 0 Å². The van der Waals surface area contributed by atoms with Gasteiger partial charge in [0.05, 0.1) is 16.8 Å². The fraction of sp³-hybridized carbons (Fsp3) is 0.500. The summed E-state index contributed by atoms with van der Waals surface area (Å²) in [6, 6.07) is 5.77. The molecule has 1 aromatic carbocycles. The molecule has 0 radical (unpaired) electrons. The number of benzene rings is 1. The first-order valence-electron chi connectivity index (χ1n) is 5.88. The Hall–Kier alpha value is -0.950. The molecule has 1 rings (SSSR count). The Morgan fingerprint density at radius 1 is 1.39 bits per heavy atom. The van der Waals surface area contributed by atoms with Crippen LogP contribution in [0.2, 0.25) is 0 Å². The van der Waals surface area contributed by atoms with Crippen molar-refractivity contribution in [2.75, 3.05) is 12.3 Å². The number of sulfone groups is 1. The minimum atomic E-state index is -3.27. The van der Waals surface area contributed by atoms with Crippen LogP contribution < -0.4 is 11.5 Å². The molecule has 6 heteroatoms. The third-order valence-electron chi connectivity index (χ3n) is 2.84. The van der Waals surface area contributed by atoms with Crippen LogP contribution in [-0.4, -0.2) is 31.9 Å². The second-order valence-electron chi connectivity index (χ2n) is 4.16. The van der Waals surface area contributed by atoms with Crippen LogP contribution in [-0.2, 0) is 9.84 Å². The van der Waals surface area contributed by atoms with E-state index in [1.165, 1.54) is 12.1 Å². The number of hydrogen-bond acceptors (Lipinski definition) is 5. The van der Waals surface area contributed by atoms with Crippen molar-refractivity contribution in [1.82, 2.24) is 0 Å². The normalized spacial score (nSPS) is 15.3. The van der Waals surface area contributed by atoms with Crippen LogP contribution >= 0.6 is 0 Å². The lowest BCUT2D eigenvalue weighted by Crippen LogP contribution is -2.30. The van der Waals surface area contributed by atoms with Gasteiger partial charge in [0.25, 0.3) is 0 Å². The predicted molar refractivity (Wildman–Crippen MR) is 70.8 cm³/mol. The highest BCUT2D eigenvalue weighted by molar-refractivity contribution is 7.91. The van der Waals surface area contributed by atoms with E-state index in [2.05, 4.69) is 0 Å². The summed E-state index contributed by atoms with van der Waals surface area (Å²) < 4.78 is 23.5. The highest BCUT2D eigenvalue weighted by Gasteiger charge is 2.19. The molecular formula is C12H20N2O3S. The summed E-state index contributed by atoms with van der Waals surface area (Å²) in [4.78, 5) is 0.210. The largest absolute Gasteiger partial charge is 0.387 e. The monoisotopic (exact) mass is 272 g/mol. The summed E-state index contributed by atoms with van der Waals surface area (Å²) in [5, 5.41) is 10.0. The Labute approximate surface area is 108 Å². The van der Waals surface area contributed by atoms with Crippen molar-refractivity contribution in [2.45, 2.75) is 30.4 Å². The average Bonchev–Trinajstić information content (AvgIpc) is 2.38. The number of rotatable bonds is 6. The Morgan fingerprint density at radius 3 is 2.61 bits per heavy atom. The lowest BCUT2D eigenvalue weighted by Gasteiger charge is -2.19. The third kappa shape index (κ3) is 3.52. The van der Waals surface area contributed by atoms with Gasteiger partial charge in [-0.3, -0.25) is 0 Å². The summed E-state index contributed by atoms with van der Waals surface area (Å²) in [6.45, 7) is 1.96. The predicted octanol–water partition coefficient (Wildman–Crippen LogP) is 0.190. The maximum atomic E-state index is 11.7. The SMILES string of the molecule is CCS(=O)(=O)c1cccc(C(O)C(N)CCN)c1. The van der Waals surface area contributed by atoms with E-state index < -0.39 is 22.0 Å². The van der Waals surface area contributed by atoms with Gasteiger partial charge in [-0.15, -0.1) is 0 Å². The first-order chi connectivity index (χ1) is 8.42. The fourth-order valence-corrected chi connectivity index (χ4v) is 2.59. The summed E-state index contributed by atoms with van der Waals surface area (Å²) in [7, 11) is -3.27. The molecule has 0 aromatic heterocycles. The van der Waals surface area contributed by atoms with Crippen LogP contribution in [0.5, 0.6) is 0 Å². The highest BCUT2D eigenvalue weighted by Crippen LogP contribution is 2.21. The molecule has 2 atom stereocenters. The zero-order valence-electron chi connectivity index (χ0n) is 10.4. The van der Waals surface area contributed by atoms with Crippen LogP contribution in [0.15, 0.2) is 29.2 Å². The standard InChI is InChI=1S/C12H20N2O3S/c1-2-18(16,17)10-5-3-4-9(8-10)12(15)11(14)6-7-13/h3-5,8,11-12,15H,2,6-7,13-14H2,1H3. The van der Waals surface area contributed by atoms with Gasteiger partial charge < -0.3 is 16.6 Å². The molecule has 0 aliphatic heterocycles. The number of nitrogens with two attached hydrogens (primary N) is 2. The van der Waals surface area contributed by atoms with Crippen LogP contribution in [0.25, 0.3) is 0 Å². The molecule has 2 unspecified atom stereocenters. The smallest absolute Gasteiger partial charge is 0.178 e. The molecule has 102 valence electrons. The van der Waals surface area contributed by atoms with E-state index in [0.717, 1.165) is 0 Å². The van der Waals surface area contributed by atoms with Gasteiger partial charge in [0, 0.05) is 6.04 Å². The molecule has 0 heterocycles.